The van der Waals surface area contributed by atoms with E-state index in [9.17, 15) is 9.59 Å². The van der Waals surface area contributed by atoms with Crippen LogP contribution >= 0.6 is 0 Å². The Morgan fingerprint density at radius 1 is 1.24 bits per heavy atom. The van der Waals surface area contributed by atoms with Crippen LogP contribution in [-0.2, 0) is 9.59 Å². The van der Waals surface area contributed by atoms with Gasteiger partial charge in [-0.1, -0.05) is 18.7 Å². The van der Waals surface area contributed by atoms with Crippen LogP contribution < -0.4 is 15.4 Å². The Morgan fingerprint density at radius 3 is 2.56 bits per heavy atom. The molecule has 1 aromatic rings. The number of carbonyl (C=O) groups excluding carboxylic acids is 2. The quantitative estimate of drug-likeness (QED) is 0.744. The predicted molar refractivity (Wildman–Crippen MR) is 99.5 cm³/mol. The molecule has 0 aliphatic heterocycles. The molecule has 0 atom stereocenters. The van der Waals surface area contributed by atoms with Gasteiger partial charge in [0.05, 0.1) is 11.8 Å². The fourth-order valence-corrected chi connectivity index (χ4v) is 3.11. The molecule has 0 radical (unpaired) electrons. The van der Waals surface area contributed by atoms with Crippen molar-refractivity contribution in [3.05, 3.63) is 36.9 Å². The average molecular weight is 344 g/mol. The maximum Gasteiger partial charge on any atom is 0.243 e. The molecule has 5 nitrogen and oxygen atoms in total. The summed E-state index contributed by atoms with van der Waals surface area (Å²) in [6, 6.07) is 7.53. The summed E-state index contributed by atoms with van der Waals surface area (Å²) in [4.78, 5) is 23.8. The summed E-state index contributed by atoms with van der Waals surface area (Å²) in [5.74, 6) is 1.06. The lowest BCUT2D eigenvalue weighted by Crippen LogP contribution is -2.33. The summed E-state index contributed by atoms with van der Waals surface area (Å²) in [6.45, 7) is 8.03. The van der Waals surface area contributed by atoms with Crippen LogP contribution in [0.1, 0.15) is 39.5 Å². The molecular formula is C20H28N2O3. The molecule has 0 unspecified atom stereocenters. The summed E-state index contributed by atoms with van der Waals surface area (Å²) >= 11 is 0. The van der Waals surface area contributed by atoms with Gasteiger partial charge in [-0.15, -0.1) is 0 Å². The highest BCUT2D eigenvalue weighted by atomic mass is 16.5. The molecule has 136 valence electrons. The zero-order valence-corrected chi connectivity index (χ0v) is 15.1. The van der Waals surface area contributed by atoms with Gasteiger partial charge in [0.1, 0.15) is 5.75 Å². The lowest BCUT2D eigenvalue weighted by Gasteiger charge is -2.28. The number of benzene rings is 1. The minimum Gasteiger partial charge on any atom is -0.489 e. The number of rotatable bonds is 7. The Bertz CT molecular complexity index is 605. The van der Waals surface area contributed by atoms with Crippen LogP contribution in [-0.4, -0.2) is 24.5 Å². The van der Waals surface area contributed by atoms with Crippen LogP contribution in [0, 0.1) is 11.8 Å². The highest BCUT2D eigenvalue weighted by Gasteiger charge is 2.27. The lowest BCUT2D eigenvalue weighted by atomic mass is 9.81. The molecule has 2 rings (SSSR count). The van der Waals surface area contributed by atoms with Gasteiger partial charge in [0.15, 0.2) is 0 Å². The van der Waals surface area contributed by atoms with Gasteiger partial charge in [0, 0.05) is 12.5 Å². The number of hydrogen-bond acceptors (Lipinski definition) is 3. The third-order valence-corrected chi connectivity index (χ3v) is 4.48. The van der Waals surface area contributed by atoms with Gasteiger partial charge in [-0.3, -0.25) is 9.59 Å². The number of nitrogens with one attached hydrogen (secondary N) is 2. The molecule has 1 saturated carbocycles. The zero-order valence-electron chi connectivity index (χ0n) is 15.1. The third-order valence-electron chi connectivity index (χ3n) is 4.48. The van der Waals surface area contributed by atoms with Crippen molar-refractivity contribution >= 4 is 17.5 Å². The monoisotopic (exact) mass is 344 g/mol. The van der Waals surface area contributed by atoms with Crippen molar-refractivity contribution in [2.24, 2.45) is 11.8 Å². The first-order valence-electron chi connectivity index (χ1n) is 8.96. The van der Waals surface area contributed by atoms with Gasteiger partial charge in [-0.25, -0.2) is 0 Å². The molecule has 25 heavy (non-hydrogen) atoms. The van der Waals surface area contributed by atoms with E-state index < -0.39 is 0 Å². The molecule has 0 spiro atoms. The van der Waals surface area contributed by atoms with Crippen molar-refractivity contribution in [3.63, 3.8) is 0 Å². The molecule has 0 aromatic heterocycles. The number of hydrogen-bond donors (Lipinski definition) is 2. The molecule has 1 aliphatic rings. The largest absolute Gasteiger partial charge is 0.489 e. The number of carbonyl (C=O) groups is 2. The second kappa shape index (κ2) is 9.25. The van der Waals surface area contributed by atoms with Crippen molar-refractivity contribution in [2.45, 2.75) is 45.6 Å². The van der Waals surface area contributed by atoms with E-state index in [0.29, 0.717) is 18.2 Å². The van der Waals surface area contributed by atoms with E-state index in [4.69, 9.17) is 4.74 Å². The average Bonchev–Trinajstić information content (AvgIpc) is 2.61. The second-order valence-electron chi connectivity index (χ2n) is 6.82. The molecule has 1 aliphatic carbocycles. The zero-order chi connectivity index (χ0) is 18.2. The normalized spacial score (nSPS) is 20.0. The van der Waals surface area contributed by atoms with Gasteiger partial charge in [0.25, 0.3) is 0 Å². The van der Waals surface area contributed by atoms with Crippen molar-refractivity contribution < 1.29 is 14.3 Å². The van der Waals surface area contributed by atoms with Gasteiger partial charge in [-0.05, 0) is 63.7 Å². The summed E-state index contributed by atoms with van der Waals surface area (Å²) in [5, 5.41) is 5.85. The smallest absolute Gasteiger partial charge is 0.243 e. The van der Waals surface area contributed by atoms with Crippen LogP contribution in [0.5, 0.6) is 5.75 Å². The van der Waals surface area contributed by atoms with Crippen LogP contribution in [0.15, 0.2) is 36.9 Å². The molecule has 2 amide bonds. The molecule has 0 saturated heterocycles. The Hall–Kier alpha value is -2.30. The molecule has 0 bridgehead atoms. The molecular weight excluding hydrogens is 316 g/mol. The van der Waals surface area contributed by atoms with Crippen molar-refractivity contribution in [1.29, 1.82) is 0 Å². The van der Waals surface area contributed by atoms with Crippen LogP contribution in [0.25, 0.3) is 0 Å². The lowest BCUT2D eigenvalue weighted by molar-refractivity contribution is -0.121. The minimum atomic E-state index is -0.137. The Labute approximate surface area is 149 Å². The van der Waals surface area contributed by atoms with E-state index >= 15 is 0 Å². The standard InChI is InChI=1S/C20H28N2O3/c1-4-19(23)21-13-15-9-11-16(12-10-15)20(24)22-17-7-5-6-8-18(17)25-14(2)3/h4-8,14-16H,1,9-13H2,2-3H3,(H,21,23)(H,22,24). The maximum absolute atomic E-state index is 12.6. The molecule has 5 heteroatoms. The number of ether oxygens (including phenoxy) is 1. The van der Waals surface area contributed by atoms with Crippen molar-refractivity contribution in [2.75, 3.05) is 11.9 Å². The van der Waals surface area contributed by atoms with E-state index in [1.54, 1.807) is 0 Å². The third kappa shape index (κ3) is 5.93. The van der Waals surface area contributed by atoms with E-state index in [0.717, 1.165) is 31.4 Å². The first kappa shape index (κ1) is 19.0. The molecule has 1 aromatic carbocycles. The summed E-state index contributed by atoms with van der Waals surface area (Å²) in [5.41, 5.74) is 0.724. The van der Waals surface area contributed by atoms with Crippen molar-refractivity contribution in [3.8, 4) is 5.75 Å². The number of amides is 2. The molecule has 1 fully saturated rings. The maximum atomic E-state index is 12.6. The van der Waals surface area contributed by atoms with Crippen LogP contribution in [0.3, 0.4) is 0 Å². The van der Waals surface area contributed by atoms with Crippen LogP contribution in [0.2, 0.25) is 0 Å². The highest BCUT2D eigenvalue weighted by Crippen LogP contribution is 2.31. The van der Waals surface area contributed by atoms with Crippen molar-refractivity contribution in [1.82, 2.24) is 5.32 Å². The Morgan fingerprint density at radius 2 is 1.92 bits per heavy atom. The number of para-hydroxylation sites is 2. The van der Waals surface area contributed by atoms with E-state index in [1.165, 1.54) is 6.08 Å². The van der Waals surface area contributed by atoms with E-state index in [1.807, 2.05) is 38.1 Å². The topological polar surface area (TPSA) is 67.4 Å². The van der Waals surface area contributed by atoms with Crippen LogP contribution in [0.4, 0.5) is 5.69 Å². The Balaban J connectivity index is 1.85. The first-order chi connectivity index (χ1) is 12.0. The SMILES string of the molecule is C=CC(=O)NCC1CCC(C(=O)Nc2ccccc2OC(C)C)CC1. The van der Waals surface area contributed by atoms with Gasteiger partial charge in [-0.2, -0.15) is 0 Å². The predicted octanol–water partition coefficient (Wildman–Crippen LogP) is 3.52. The van der Waals surface area contributed by atoms with E-state index in [-0.39, 0.29) is 23.8 Å². The van der Waals surface area contributed by atoms with Gasteiger partial charge >= 0.3 is 0 Å². The highest BCUT2D eigenvalue weighted by molar-refractivity contribution is 5.94. The summed E-state index contributed by atoms with van der Waals surface area (Å²) in [7, 11) is 0. The summed E-state index contributed by atoms with van der Waals surface area (Å²) in [6.07, 6.45) is 4.91. The first-order valence-corrected chi connectivity index (χ1v) is 8.96. The fourth-order valence-electron chi connectivity index (χ4n) is 3.11. The minimum absolute atomic E-state index is 0.0125. The van der Waals surface area contributed by atoms with Gasteiger partial charge < -0.3 is 15.4 Å². The summed E-state index contributed by atoms with van der Waals surface area (Å²) < 4.78 is 5.75. The van der Waals surface area contributed by atoms with E-state index in [2.05, 4.69) is 17.2 Å². The van der Waals surface area contributed by atoms with Gasteiger partial charge in [0.2, 0.25) is 11.8 Å². The molecule has 0 heterocycles. The molecule has 2 N–H and O–H groups in total. The fraction of sp³-hybridized carbons (Fsp3) is 0.500. The number of anilines is 1. The Kier molecular flexibility index (Phi) is 7.04. The second-order valence-corrected chi connectivity index (χ2v) is 6.82.